The summed E-state index contributed by atoms with van der Waals surface area (Å²) in [6.45, 7) is 7.10. The predicted molar refractivity (Wildman–Crippen MR) is 109 cm³/mol. The monoisotopic (exact) mass is 418 g/mol. The molecule has 2 saturated heterocycles. The maximum Gasteiger partial charge on any atom is 0.223 e. The highest BCUT2D eigenvalue weighted by Crippen LogP contribution is 2.27. The summed E-state index contributed by atoms with van der Waals surface area (Å²) < 4.78 is 12.0. The number of nitrogens with one attached hydrogen (secondary N) is 1. The number of carbonyl (C=O) groups excluding carboxylic acids is 1. The van der Waals surface area contributed by atoms with Gasteiger partial charge in [-0.25, -0.2) is 15.0 Å². The van der Waals surface area contributed by atoms with Crippen molar-refractivity contribution in [2.24, 2.45) is 0 Å². The van der Waals surface area contributed by atoms with Crippen molar-refractivity contribution in [1.29, 1.82) is 0 Å². The molecule has 29 heavy (non-hydrogen) atoms. The fourth-order valence-electron chi connectivity index (χ4n) is 3.65. The summed E-state index contributed by atoms with van der Waals surface area (Å²) in [4.78, 5) is 29.5. The molecule has 2 aliphatic rings. The van der Waals surface area contributed by atoms with Crippen LogP contribution in [-0.2, 0) is 11.3 Å². The standard InChI is InChI=1S/C19H26N6O3S/c1-12-4-14(9-25(12)10-16-6-20-19(29-16)23-13(2)26)27-17-5-18(22-11-21-17)28-15-7-24(3)8-15/h5-6,11-12,14-15H,4,7-10H2,1-3H3,(H,20,23,26)/t12-,14+/m0/s1. The number of nitrogens with zero attached hydrogens (tertiary/aromatic N) is 5. The molecular weight excluding hydrogens is 392 g/mol. The average molecular weight is 419 g/mol. The lowest BCUT2D eigenvalue weighted by atomic mass is 10.2. The van der Waals surface area contributed by atoms with Crippen molar-refractivity contribution in [3.63, 3.8) is 0 Å². The molecule has 2 aromatic heterocycles. The van der Waals surface area contributed by atoms with E-state index in [0.717, 1.165) is 37.5 Å². The van der Waals surface area contributed by atoms with Crippen molar-refractivity contribution < 1.29 is 14.3 Å². The highest BCUT2D eigenvalue weighted by atomic mass is 32.1. The number of rotatable bonds is 7. The van der Waals surface area contributed by atoms with E-state index in [9.17, 15) is 4.79 Å². The zero-order valence-corrected chi connectivity index (χ0v) is 17.7. The smallest absolute Gasteiger partial charge is 0.223 e. The topological polar surface area (TPSA) is 92.7 Å². The zero-order valence-electron chi connectivity index (χ0n) is 16.9. The maximum absolute atomic E-state index is 11.2. The summed E-state index contributed by atoms with van der Waals surface area (Å²) in [5.41, 5.74) is 0. The first kappa shape index (κ1) is 20.0. The number of thiazole rings is 1. The number of amides is 1. The Balaban J connectivity index is 1.30. The van der Waals surface area contributed by atoms with Gasteiger partial charge in [-0.15, -0.1) is 11.3 Å². The maximum atomic E-state index is 11.2. The Hall–Kier alpha value is -2.30. The minimum absolute atomic E-state index is 0.0605. The Labute approximate surface area is 174 Å². The SMILES string of the molecule is CC(=O)Nc1ncc(CN2C[C@H](Oc3cc(OC4CN(C)C4)ncn3)C[C@@H]2C)s1. The van der Waals surface area contributed by atoms with Gasteiger partial charge in [-0.2, -0.15) is 0 Å². The van der Waals surface area contributed by atoms with Crippen molar-refractivity contribution in [3.8, 4) is 11.8 Å². The normalized spacial score (nSPS) is 23.0. The lowest BCUT2D eigenvalue weighted by molar-refractivity contribution is -0.114. The first-order valence-electron chi connectivity index (χ1n) is 9.75. The number of aromatic nitrogens is 3. The molecule has 1 N–H and O–H groups in total. The fourth-order valence-corrected chi connectivity index (χ4v) is 4.53. The molecule has 2 aromatic rings. The summed E-state index contributed by atoms with van der Waals surface area (Å²) in [5.74, 6) is 1.00. The molecule has 0 unspecified atom stereocenters. The van der Waals surface area contributed by atoms with E-state index in [-0.39, 0.29) is 18.1 Å². The van der Waals surface area contributed by atoms with Gasteiger partial charge in [0, 0.05) is 56.6 Å². The van der Waals surface area contributed by atoms with E-state index in [1.807, 2.05) is 6.20 Å². The lowest BCUT2D eigenvalue weighted by Crippen LogP contribution is -2.51. The second-order valence-electron chi connectivity index (χ2n) is 7.72. The Morgan fingerprint density at radius 1 is 1.21 bits per heavy atom. The molecule has 0 aliphatic carbocycles. The predicted octanol–water partition coefficient (Wildman–Crippen LogP) is 1.63. The molecule has 0 saturated carbocycles. The molecule has 2 fully saturated rings. The summed E-state index contributed by atoms with van der Waals surface area (Å²) in [7, 11) is 2.06. The molecule has 10 heteroatoms. The van der Waals surface area contributed by atoms with Crippen LogP contribution in [0, 0.1) is 0 Å². The van der Waals surface area contributed by atoms with Gasteiger partial charge in [-0.05, 0) is 14.0 Å². The molecule has 0 bridgehead atoms. The van der Waals surface area contributed by atoms with Crippen molar-refractivity contribution in [3.05, 3.63) is 23.5 Å². The van der Waals surface area contributed by atoms with E-state index in [4.69, 9.17) is 9.47 Å². The van der Waals surface area contributed by atoms with Crippen LogP contribution in [0.4, 0.5) is 5.13 Å². The van der Waals surface area contributed by atoms with Gasteiger partial charge in [0.1, 0.15) is 18.5 Å². The molecule has 0 spiro atoms. The fraction of sp³-hybridized carbons (Fsp3) is 0.579. The Bertz CT molecular complexity index is 856. The molecule has 0 aromatic carbocycles. The zero-order chi connectivity index (χ0) is 20.4. The lowest BCUT2D eigenvalue weighted by Gasteiger charge is -2.35. The van der Waals surface area contributed by atoms with Gasteiger partial charge >= 0.3 is 0 Å². The van der Waals surface area contributed by atoms with E-state index in [0.29, 0.717) is 22.9 Å². The van der Waals surface area contributed by atoms with Crippen LogP contribution < -0.4 is 14.8 Å². The van der Waals surface area contributed by atoms with Gasteiger partial charge in [-0.1, -0.05) is 0 Å². The van der Waals surface area contributed by atoms with E-state index >= 15 is 0 Å². The third-order valence-corrected chi connectivity index (χ3v) is 5.98. The van der Waals surface area contributed by atoms with Gasteiger partial charge in [0.05, 0.1) is 6.07 Å². The second-order valence-corrected chi connectivity index (χ2v) is 8.84. The quantitative estimate of drug-likeness (QED) is 0.725. The molecule has 2 atom stereocenters. The first-order chi connectivity index (χ1) is 13.9. The highest BCUT2D eigenvalue weighted by molar-refractivity contribution is 7.15. The van der Waals surface area contributed by atoms with E-state index < -0.39 is 0 Å². The minimum atomic E-state index is -0.105. The number of likely N-dealkylation sites (tertiary alicyclic amines) is 2. The Morgan fingerprint density at radius 3 is 2.62 bits per heavy atom. The third-order valence-electron chi connectivity index (χ3n) is 5.08. The minimum Gasteiger partial charge on any atom is -0.473 e. The number of hydrogen-bond acceptors (Lipinski definition) is 9. The first-order valence-corrected chi connectivity index (χ1v) is 10.6. The van der Waals surface area contributed by atoms with Crippen molar-refractivity contribution in [2.75, 3.05) is 32.0 Å². The number of ether oxygens (including phenoxy) is 2. The number of carbonyl (C=O) groups is 1. The van der Waals surface area contributed by atoms with E-state index in [1.54, 1.807) is 6.07 Å². The molecular formula is C19H26N6O3S. The third kappa shape index (κ3) is 5.20. The van der Waals surface area contributed by atoms with Crippen LogP contribution in [0.2, 0.25) is 0 Å². The summed E-state index contributed by atoms with van der Waals surface area (Å²) >= 11 is 1.50. The second kappa shape index (κ2) is 8.60. The van der Waals surface area contributed by atoms with Gasteiger partial charge < -0.3 is 14.8 Å². The van der Waals surface area contributed by atoms with Gasteiger partial charge in [0.2, 0.25) is 17.7 Å². The molecule has 9 nitrogen and oxygen atoms in total. The van der Waals surface area contributed by atoms with Crippen LogP contribution in [0.15, 0.2) is 18.6 Å². The molecule has 4 rings (SSSR count). The van der Waals surface area contributed by atoms with Crippen LogP contribution in [0.3, 0.4) is 0 Å². The molecule has 156 valence electrons. The Kier molecular flexibility index (Phi) is 5.93. The number of hydrogen-bond donors (Lipinski definition) is 1. The van der Waals surface area contributed by atoms with Crippen LogP contribution in [0.1, 0.15) is 25.1 Å². The largest absolute Gasteiger partial charge is 0.473 e. The molecule has 4 heterocycles. The summed E-state index contributed by atoms with van der Waals surface area (Å²) in [6, 6.07) is 2.16. The summed E-state index contributed by atoms with van der Waals surface area (Å²) in [5, 5.41) is 3.37. The van der Waals surface area contributed by atoms with Gasteiger partial charge in [-0.3, -0.25) is 14.6 Å². The number of likely N-dealkylation sites (N-methyl/N-ethyl adjacent to an activating group) is 1. The van der Waals surface area contributed by atoms with Crippen molar-refractivity contribution >= 4 is 22.4 Å². The van der Waals surface area contributed by atoms with E-state index in [2.05, 4.69) is 44.0 Å². The Morgan fingerprint density at radius 2 is 1.93 bits per heavy atom. The summed E-state index contributed by atoms with van der Waals surface area (Å²) in [6.07, 6.45) is 4.48. The van der Waals surface area contributed by atoms with Crippen molar-refractivity contribution in [2.45, 2.75) is 45.1 Å². The highest BCUT2D eigenvalue weighted by Gasteiger charge is 2.31. The average Bonchev–Trinajstić information content (AvgIpc) is 3.20. The number of anilines is 1. The van der Waals surface area contributed by atoms with Gasteiger partial charge in [0.25, 0.3) is 0 Å². The van der Waals surface area contributed by atoms with E-state index in [1.165, 1.54) is 24.6 Å². The van der Waals surface area contributed by atoms with Crippen LogP contribution in [0.25, 0.3) is 0 Å². The van der Waals surface area contributed by atoms with Crippen molar-refractivity contribution in [1.82, 2.24) is 24.8 Å². The van der Waals surface area contributed by atoms with Crippen LogP contribution >= 0.6 is 11.3 Å². The molecule has 0 radical (unpaired) electrons. The van der Waals surface area contributed by atoms with Crippen LogP contribution in [-0.4, -0.2) is 75.6 Å². The molecule has 2 aliphatic heterocycles. The molecule has 1 amide bonds. The van der Waals surface area contributed by atoms with Crippen LogP contribution in [0.5, 0.6) is 11.8 Å². The van der Waals surface area contributed by atoms with Gasteiger partial charge in [0.15, 0.2) is 5.13 Å².